The molecule has 0 atom stereocenters. The summed E-state index contributed by atoms with van der Waals surface area (Å²) >= 11 is 14.2. The summed E-state index contributed by atoms with van der Waals surface area (Å²) in [6.07, 6.45) is 14.4. The van der Waals surface area contributed by atoms with Crippen LogP contribution in [0.2, 0.25) is 10.6 Å². The summed E-state index contributed by atoms with van der Waals surface area (Å²) in [6.45, 7) is 13.3. The Morgan fingerprint density at radius 3 is 1.57 bits per heavy atom. The zero-order valence-corrected chi connectivity index (χ0v) is 56.3. The number of aromatic amines is 3. The van der Waals surface area contributed by atoms with E-state index in [0.29, 0.717) is 57.5 Å². The van der Waals surface area contributed by atoms with Crippen LogP contribution in [0.15, 0.2) is 126 Å². The molecule has 0 amide bonds. The second-order valence-corrected chi connectivity index (χ2v) is 26.1. The number of nitrogens with two attached hydrogens (primary N) is 1. The SMILES string of the molecule is Cc1ccc(S(=O)(=O)n2cc(C#N)c3c(NC4CC4)nc(Cl)nc32)cc1.Cc1ccc(S(=O)(=O)n2cc(I)c3c(NC4CC4)nc(Cl)nc32)cc1.N#Cc1c[nH]c2nc(Nc3ccc4cn[nH]c4c3)nc(NC3CC3)c12.Nc1ccc2cn[nH]c2c1.[C-]#N.[C-]#N.[Zn+2]. The van der Waals surface area contributed by atoms with Gasteiger partial charge in [-0.2, -0.15) is 45.6 Å². The molecule has 32 heteroatoms. The Morgan fingerprint density at radius 2 is 1.07 bits per heavy atom. The number of aryl methyl sites for hydroxylation is 2. The van der Waals surface area contributed by atoms with Gasteiger partial charge in [0, 0.05) is 62.4 Å². The Hall–Kier alpha value is -9.53. The van der Waals surface area contributed by atoms with Gasteiger partial charge < -0.3 is 55.7 Å². The van der Waals surface area contributed by atoms with Crippen molar-refractivity contribution in [3.63, 3.8) is 0 Å². The van der Waals surface area contributed by atoms with E-state index in [1.807, 2.05) is 56.3 Å². The molecule has 91 heavy (non-hydrogen) atoms. The van der Waals surface area contributed by atoms with Gasteiger partial charge in [0.15, 0.2) is 11.3 Å². The van der Waals surface area contributed by atoms with E-state index in [1.165, 1.54) is 22.3 Å². The second kappa shape index (κ2) is 28.1. The zero-order valence-electron chi connectivity index (χ0n) is 48.1. The van der Waals surface area contributed by atoms with Gasteiger partial charge in [-0.15, -0.1) is 0 Å². The predicted molar refractivity (Wildman–Crippen MR) is 348 cm³/mol. The standard InChI is InChI=1S/C17H14ClN5O2S.C17H14N8.C16H14ClIN4O2S.C7H7N3.2CN.Zn/c1-10-2-6-13(7-3-10)26(24,25)23-9-11(8-19)14-15(20-12-4-5-12)21-17(18)22-16(14)23;18-6-10-7-19-15-14(10)16(21-11-3-4-11)24-17(23-15)22-12-2-1-9-8-20-25-13(9)5-12;1-9-2-6-11(7-3-9)25(23,24)22-8-12(18)13-14(19-10-4-5-10)20-16(17)21-15(13)22;8-6-2-1-5-4-9-10-7(5)3-6;2*1-2;/h2-3,6-7,9,12H,4-5H2,1H3,(H,20,21,22);1-2,5,7-8,11H,3-4H2,(H,20,25)(H3,19,21,22,23,24);2-3,6-8,10H,4-5H2,1H3,(H,19,20,21);1-4H,8H2,(H,9,10);;;/q;;;;2*-1;+2. The second-order valence-electron chi connectivity index (χ2n) is 20.6. The Kier molecular flexibility index (Phi) is 20.4. The first-order valence-electron chi connectivity index (χ1n) is 27.2. The van der Waals surface area contributed by atoms with Crippen LogP contribution in [0.4, 0.5) is 34.8 Å². The molecule has 4 aromatic carbocycles. The first kappa shape index (κ1) is 65.9. The molecule has 9 N–H and O–H groups in total. The van der Waals surface area contributed by atoms with E-state index in [1.54, 1.807) is 61.2 Å². The van der Waals surface area contributed by atoms with Crippen LogP contribution in [-0.2, 0) is 39.5 Å². The van der Waals surface area contributed by atoms with Gasteiger partial charge in [0.05, 0.1) is 60.5 Å². The van der Waals surface area contributed by atoms with Crippen LogP contribution in [0.5, 0.6) is 0 Å². The zero-order chi connectivity index (χ0) is 64.0. The number of nitrogen functional groups attached to an aromatic ring is 1. The van der Waals surface area contributed by atoms with Crippen LogP contribution in [0, 0.1) is 63.7 Å². The third-order valence-electron chi connectivity index (χ3n) is 14.0. The smallest absolute Gasteiger partial charge is 0.512 e. The predicted octanol–water partition coefficient (Wildman–Crippen LogP) is 11.2. The monoisotopic (exact) mass is 1450 g/mol. The molecule has 12 aromatic rings. The van der Waals surface area contributed by atoms with Gasteiger partial charge in [-0.3, -0.25) is 10.2 Å². The fourth-order valence-corrected chi connectivity index (χ4v) is 13.0. The fourth-order valence-electron chi connectivity index (χ4n) is 9.05. The number of hydrogen-bond acceptors (Lipinski definition) is 21. The van der Waals surface area contributed by atoms with Crippen molar-refractivity contribution in [2.24, 2.45) is 0 Å². The van der Waals surface area contributed by atoms with Crippen molar-refractivity contribution >= 4 is 156 Å². The first-order chi connectivity index (χ1) is 43.4. The molecule has 0 unspecified atom stereocenters. The third-order valence-corrected chi connectivity index (χ3v) is 18.5. The summed E-state index contributed by atoms with van der Waals surface area (Å²) in [5.74, 6) is 2.13. The van der Waals surface area contributed by atoms with Gasteiger partial charge >= 0.3 is 19.5 Å². The maximum Gasteiger partial charge on any atom is 2.00 e. The number of nitrogens with zero attached hydrogens (tertiary/aromatic N) is 14. The molecule has 8 heterocycles. The normalized spacial score (nSPS) is 13.2. The molecular formula is C59H49Cl2IN22O4S2Zn. The van der Waals surface area contributed by atoms with E-state index in [9.17, 15) is 27.4 Å². The number of fused-ring (bicyclic) bond motifs is 5. The quantitative estimate of drug-likeness (QED) is 0.0185. The summed E-state index contributed by atoms with van der Waals surface area (Å²) in [5, 5.41) is 61.9. The molecule has 3 aliphatic rings. The fraction of sp³-hybridized carbons (Fsp3) is 0.186. The number of anilines is 6. The average molecular weight is 1460 g/mol. The van der Waals surface area contributed by atoms with Gasteiger partial charge in [-0.1, -0.05) is 35.4 Å². The molecular weight excluding hydrogens is 1410 g/mol. The van der Waals surface area contributed by atoms with Gasteiger partial charge in [0.25, 0.3) is 20.0 Å². The molecule has 8 aromatic heterocycles. The largest absolute Gasteiger partial charge is 2.00 e. The topological polar surface area (TPSA) is 398 Å². The molecule has 0 radical (unpaired) electrons. The minimum atomic E-state index is -3.93. The summed E-state index contributed by atoms with van der Waals surface area (Å²) in [7, 11) is -7.70. The number of aromatic nitrogens is 13. The number of hydrogen-bond donors (Lipinski definition) is 8. The molecule has 0 saturated heterocycles. The molecule has 3 fully saturated rings. The number of benzene rings is 4. The molecule has 0 aliphatic heterocycles. The van der Waals surface area contributed by atoms with Crippen molar-refractivity contribution < 1.29 is 36.3 Å². The number of nitriles is 2. The van der Waals surface area contributed by atoms with E-state index in [4.69, 9.17) is 52.6 Å². The minimum Gasteiger partial charge on any atom is -0.512 e. The van der Waals surface area contributed by atoms with Gasteiger partial charge in [0.2, 0.25) is 16.5 Å². The van der Waals surface area contributed by atoms with Gasteiger partial charge in [0.1, 0.15) is 35.2 Å². The third kappa shape index (κ3) is 14.9. The van der Waals surface area contributed by atoms with Crippen molar-refractivity contribution in [1.82, 2.24) is 63.2 Å². The van der Waals surface area contributed by atoms with E-state index in [-0.39, 0.29) is 62.7 Å². The van der Waals surface area contributed by atoms with Crippen LogP contribution < -0.4 is 27.0 Å². The Labute approximate surface area is 556 Å². The maximum atomic E-state index is 13.1. The van der Waals surface area contributed by atoms with Crippen LogP contribution in [-0.4, -0.2) is 98.2 Å². The van der Waals surface area contributed by atoms with Crippen LogP contribution in [0.25, 0.3) is 54.9 Å². The summed E-state index contributed by atoms with van der Waals surface area (Å²) in [6, 6.07) is 30.0. The maximum absolute atomic E-state index is 13.1. The average Bonchev–Trinajstić information content (AvgIpc) is 1.63. The van der Waals surface area contributed by atoms with E-state index < -0.39 is 20.0 Å². The molecule has 454 valence electrons. The molecule has 0 bridgehead atoms. The van der Waals surface area contributed by atoms with Crippen LogP contribution >= 0.6 is 45.8 Å². The van der Waals surface area contributed by atoms with Gasteiger partial charge in [-0.25, -0.2) is 29.8 Å². The van der Waals surface area contributed by atoms with Crippen molar-refractivity contribution in [2.75, 3.05) is 27.0 Å². The van der Waals surface area contributed by atoms with Gasteiger partial charge in [-0.05, 0) is 159 Å². The number of nitrogens with one attached hydrogen (secondary N) is 7. The first-order valence-corrected chi connectivity index (χ1v) is 31.9. The summed E-state index contributed by atoms with van der Waals surface area (Å²) in [5.41, 5.74) is 12.8. The van der Waals surface area contributed by atoms with E-state index in [2.05, 4.69) is 105 Å². The van der Waals surface area contributed by atoms with Crippen molar-refractivity contribution in [3.05, 3.63) is 165 Å². The van der Waals surface area contributed by atoms with Crippen molar-refractivity contribution in [2.45, 2.75) is 80.3 Å². The van der Waals surface area contributed by atoms with E-state index in [0.717, 1.165) is 95.8 Å². The van der Waals surface area contributed by atoms with E-state index >= 15 is 0 Å². The van der Waals surface area contributed by atoms with Crippen LogP contribution in [0.1, 0.15) is 60.8 Å². The molecule has 3 saturated carbocycles. The summed E-state index contributed by atoms with van der Waals surface area (Å²) in [4.78, 5) is 29.1. The number of halogens is 3. The summed E-state index contributed by atoms with van der Waals surface area (Å²) < 4.78 is 55.2. The Morgan fingerprint density at radius 1 is 0.604 bits per heavy atom. The molecule has 15 rings (SSSR count). The molecule has 26 nitrogen and oxygen atoms in total. The Balaban J connectivity index is 0.000000145. The van der Waals surface area contributed by atoms with Crippen molar-refractivity contribution in [3.8, 4) is 12.1 Å². The Bertz CT molecular complexity index is 5020. The minimum absolute atomic E-state index is 0. The number of H-pyrrole nitrogens is 3. The number of rotatable bonds is 12. The molecule has 0 spiro atoms. The van der Waals surface area contributed by atoms with Crippen LogP contribution in [0.3, 0.4) is 0 Å². The van der Waals surface area contributed by atoms with Crippen molar-refractivity contribution in [1.29, 1.82) is 21.0 Å². The molecule has 3 aliphatic carbocycles.